The molecule has 1 aliphatic rings. The fourth-order valence-corrected chi connectivity index (χ4v) is 1.19. The van der Waals surface area contributed by atoms with Gasteiger partial charge in [-0.3, -0.25) is 4.79 Å². The summed E-state index contributed by atoms with van der Waals surface area (Å²) in [5.74, 6) is -0.914. The average Bonchev–Trinajstić information content (AvgIpc) is 2.52. The Hall–Kier alpha value is -1.30. The van der Waals surface area contributed by atoms with Gasteiger partial charge in [0.15, 0.2) is 0 Å². The van der Waals surface area contributed by atoms with Crippen molar-refractivity contribution in [3.63, 3.8) is 0 Å². The maximum absolute atomic E-state index is 10.7. The maximum atomic E-state index is 10.7. The van der Waals surface area contributed by atoms with Crippen LogP contribution in [0.4, 0.5) is 4.79 Å². The zero-order valence-corrected chi connectivity index (χ0v) is 7.24. The number of ether oxygens (including phenoxy) is 1. The monoisotopic (exact) mass is 188 g/mol. The van der Waals surface area contributed by atoms with Crippen molar-refractivity contribution in [1.29, 1.82) is 0 Å². The highest BCUT2D eigenvalue weighted by Crippen LogP contribution is 2.10. The van der Waals surface area contributed by atoms with Gasteiger partial charge < -0.3 is 20.5 Å². The van der Waals surface area contributed by atoms with Gasteiger partial charge in [0.1, 0.15) is 12.1 Å². The van der Waals surface area contributed by atoms with Crippen molar-refractivity contribution in [1.82, 2.24) is 10.6 Å². The smallest absolute Gasteiger partial charge is 0.407 e. The van der Waals surface area contributed by atoms with Crippen LogP contribution in [-0.2, 0) is 9.53 Å². The first-order valence-corrected chi connectivity index (χ1v) is 3.98. The van der Waals surface area contributed by atoms with Gasteiger partial charge in [0.05, 0.1) is 0 Å². The number of carboxylic acids is 1. The van der Waals surface area contributed by atoms with Crippen molar-refractivity contribution in [2.75, 3.05) is 13.6 Å². The molecule has 0 saturated carbocycles. The second-order valence-corrected chi connectivity index (χ2v) is 2.81. The molecule has 0 aromatic heterocycles. The quantitative estimate of drug-likeness (QED) is 0.525. The van der Waals surface area contributed by atoms with Gasteiger partial charge in [0.2, 0.25) is 0 Å². The molecule has 0 radical (unpaired) electrons. The van der Waals surface area contributed by atoms with E-state index in [0.29, 0.717) is 13.0 Å². The average molecular weight is 188 g/mol. The topological polar surface area (TPSA) is 87.7 Å². The summed E-state index contributed by atoms with van der Waals surface area (Å²) in [6, 6.07) is -0.602. The molecule has 2 atom stereocenters. The van der Waals surface area contributed by atoms with Crippen LogP contribution in [-0.4, -0.2) is 42.9 Å². The maximum Gasteiger partial charge on any atom is 0.407 e. The lowest BCUT2D eigenvalue weighted by molar-refractivity contribution is -0.139. The van der Waals surface area contributed by atoms with Gasteiger partial charge in [-0.1, -0.05) is 0 Å². The molecule has 0 aromatic rings. The van der Waals surface area contributed by atoms with E-state index in [-0.39, 0.29) is 6.10 Å². The molecule has 0 aliphatic carbocycles. The molecule has 3 N–H and O–H groups in total. The summed E-state index contributed by atoms with van der Waals surface area (Å²) in [6.45, 7) is 0.393. The normalized spacial score (nSPS) is 26.8. The number of hydrogen-bond donors (Lipinski definition) is 3. The molecule has 1 amide bonds. The fraction of sp³-hybridized carbons (Fsp3) is 0.714. The number of rotatable bonds is 2. The summed E-state index contributed by atoms with van der Waals surface area (Å²) >= 11 is 0. The van der Waals surface area contributed by atoms with Crippen molar-refractivity contribution >= 4 is 12.1 Å². The molecular formula is C7H12N2O4. The molecule has 0 bridgehead atoms. The van der Waals surface area contributed by atoms with Crippen LogP contribution in [0.3, 0.4) is 0 Å². The number of alkyl carbamates (subject to hydrolysis) is 1. The van der Waals surface area contributed by atoms with E-state index in [9.17, 15) is 9.59 Å². The minimum atomic E-state index is -0.914. The Balaban J connectivity index is 2.33. The third-order valence-electron chi connectivity index (χ3n) is 1.87. The summed E-state index contributed by atoms with van der Waals surface area (Å²) < 4.78 is 4.86. The first-order chi connectivity index (χ1) is 6.13. The van der Waals surface area contributed by atoms with E-state index in [2.05, 4.69) is 10.6 Å². The lowest BCUT2D eigenvalue weighted by Gasteiger charge is -2.09. The highest BCUT2D eigenvalue weighted by Gasteiger charge is 2.31. The van der Waals surface area contributed by atoms with Crippen molar-refractivity contribution in [2.45, 2.75) is 18.6 Å². The van der Waals surface area contributed by atoms with Gasteiger partial charge >= 0.3 is 12.1 Å². The molecular weight excluding hydrogens is 176 g/mol. The van der Waals surface area contributed by atoms with Crippen molar-refractivity contribution < 1.29 is 19.4 Å². The van der Waals surface area contributed by atoms with Gasteiger partial charge in [-0.15, -0.1) is 0 Å². The fourth-order valence-electron chi connectivity index (χ4n) is 1.19. The third-order valence-corrected chi connectivity index (χ3v) is 1.87. The number of amides is 1. The zero-order chi connectivity index (χ0) is 9.84. The molecule has 6 nitrogen and oxygen atoms in total. The van der Waals surface area contributed by atoms with Crippen LogP contribution < -0.4 is 10.6 Å². The van der Waals surface area contributed by atoms with Crippen LogP contribution in [0.1, 0.15) is 6.42 Å². The highest BCUT2D eigenvalue weighted by molar-refractivity contribution is 5.74. The first-order valence-electron chi connectivity index (χ1n) is 3.98. The highest BCUT2D eigenvalue weighted by atomic mass is 16.6. The first kappa shape index (κ1) is 9.79. The minimum Gasteiger partial charge on any atom is -0.480 e. The van der Waals surface area contributed by atoms with E-state index in [1.165, 1.54) is 7.05 Å². The molecule has 0 spiro atoms. The van der Waals surface area contributed by atoms with E-state index < -0.39 is 18.1 Å². The largest absolute Gasteiger partial charge is 0.480 e. The third kappa shape index (κ3) is 2.59. The molecule has 1 rings (SSSR count). The molecule has 74 valence electrons. The Kier molecular flexibility index (Phi) is 3.07. The molecule has 13 heavy (non-hydrogen) atoms. The van der Waals surface area contributed by atoms with Crippen LogP contribution in [0, 0.1) is 0 Å². The number of nitrogens with one attached hydrogen (secondary N) is 2. The van der Waals surface area contributed by atoms with Crippen LogP contribution in [0.15, 0.2) is 0 Å². The standard InChI is InChI=1S/C7H12N2O4/c1-8-7(12)13-4-2-5(6(10)11)9-3-4/h4-5,9H,2-3H2,1H3,(H,8,12)(H,10,11)/t4?,5-/m0/s1. The molecule has 1 saturated heterocycles. The van der Waals surface area contributed by atoms with E-state index in [1.54, 1.807) is 0 Å². The van der Waals surface area contributed by atoms with Crippen molar-refractivity contribution in [2.24, 2.45) is 0 Å². The Morgan fingerprint density at radius 2 is 2.31 bits per heavy atom. The van der Waals surface area contributed by atoms with E-state index in [1.807, 2.05) is 0 Å². The molecule has 1 heterocycles. The summed E-state index contributed by atoms with van der Waals surface area (Å²) in [5, 5.41) is 13.6. The number of hydrogen-bond acceptors (Lipinski definition) is 4. The molecule has 1 unspecified atom stereocenters. The molecule has 0 aromatic carbocycles. The van der Waals surface area contributed by atoms with Crippen LogP contribution in [0.25, 0.3) is 0 Å². The van der Waals surface area contributed by atoms with Crippen molar-refractivity contribution in [3.8, 4) is 0 Å². The van der Waals surface area contributed by atoms with Gasteiger partial charge in [-0.05, 0) is 0 Å². The van der Waals surface area contributed by atoms with E-state index in [0.717, 1.165) is 0 Å². The minimum absolute atomic E-state index is 0.322. The number of aliphatic carboxylic acids is 1. The Morgan fingerprint density at radius 1 is 1.62 bits per heavy atom. The van der Waals surface area contributed by atoms with Gasteiger partial charge in [0.25, 0.3) is 0 Å². The van der Waals surface area contributed by atoms with Crippen LogP contribution in [0.5, 0.6) is 0 Å². The second-order valence-electron chi connectivity index (χ2n) is 2.81. The van der Waals surface area contributed by atoms with Gasteiger partial charge in [0, 0.05) is 20.0 Å². The zero-order valence-electron chi connectivity index (χ0n) is 7.24. The molecule has 1 aliphatic heterocycles. The van der Waals surface area contributed by atoms with Crippen molar-refractivity contribution in [3.05, 3.63) is 0 Å². The predicted octanol–water partition coefficient (Wildman–Crippen LogP) is -0.842. The number of carboxylic acid groups (broad SMARTS) is 1. The number of carbonyl (C=O) groups is 2. The summed E-state index contributed by atoms with van der Waals surface area (Å²) in [5.41, 5.74) is 0. The van der Waals surface area contributed by atoms with Crippen LogP contribution in [0.2, 0.25) is 0 Å². The SMILES string of the molecule is CNC(=O)OC1CN[C@H](C(=O)O)C1. The van der Waals surface area contributed by atoms with E-state index >= 15 is 0 Å². The predicted molar refractivity (Wildman–Crippen MR) is 43.4 cm³/mol. The lowest BCUT2D eigenvalue weighted by Crippen LogP contribution is -2.30. The lowest BCUT2D eigenvalue weighted by atomic mass is 10.2. The molecule has 6 heteroatoms. The summed E-state index contributed by atoms with van der Waals surface area (Å²) in [7, 11) is 1.46. The Bertz CT molecular complexity index is 219. The second kappa shape index (κ2) is 4.08. The Morgan fingerprint density at radius 3 is 2.77 bits per heavy atom. The molecule has 1 fully saturated rings. The Labute approximate surface area is 75.3 Å². The van der Waals surface area contributed by atoms with Gasteiger partial charge in [-0.2, -0.15) is 0 Å². The van der Waals surface area contributed by atoms with Crippen LogP contribution >= 0.6 is 0 Å². The van der Waals surface area contributed by atoms with E-state index in [4.69, 9.17) is 9.84 Å². The summed E-state index contributed by atoms with van der Waals surface area (Å²) in [4.78, 5) is 21.2. The summed E-state index contributed by atoms with van der Waals surface area (Å²) in [6.07, 6.45) is -0.554. The number of carbonyl (C=O) groups excluding carboxylic acids is 1. The van der Waals surface area contributed by atoms with Gasteiger partial charge in [-0.25, -0.2) is 4.79 Å².